The van der Waals surface area contributed by atoms with E-state index in [2.05, 4.69) is 72.6 Å². The number of nitrogens with one attached hydrogen (secondary N) is 2. The SMILES string of the molecule is Cc1ccc(Nc2ncnc(Nc3ccc(C(C)C)cc3)c2N)cc1C. The predicted molar refractivity (Wildman–Crippen MR) is 109 cm³/mol. The van der Waals surface area contributed by atoms with Crippen molar-refractivity contribution in [3.8, 4) is 0 Å². The molecule has 0 unspecified atom stereocenters. The van der Waals surface area contributed by atoms with Crippen molar-refractivity contribution in [2.75, 3.05) is 16.4 Å². The van der Waals surface area contributed by atoms with Crippen LogP contribution < -0.4 is 16.4 Å². The van der Waals surface area contributed by atoms with Gasteiger partial charge in [0.25, 0.3) is 0 Å². The van der Waals surface area contributed by atoms with Gasteiger partial charge in [0.15, 0.2) is 11.6 Å². The Morgan fingerprint density at radius 3 is 1.96 bits per heavy atom. The Balaban J connectivity index is 1.81. The van der Waals surface area contributed by atoms with Crippen molar-refractivity contribution in [2.45, 2.75) is 33.6 Å². The second kappa shape index (κ2) is 7.44. The zero-order chi connectivity index (χ0) is 18.7. The number of nitrogens with zero attached hydrogens (tertiary/aromatic N) is 2. The van der Waals surface area contributed by atoms with Crippen molar-refractivity contribution < 1.29 is 0 Å². The highest BCUT2D eigenvalue weighted by atomic mass is 15.1. The number of hydrogen-bond donors (Lipinski definition) is 3. The van der Waals surface area contributed by atoms with Crippen molar-refractivity contribution in [2.24, 2.45) is 0 Å². The molecule has 5 nitrogen and oxygen atoms in total. The summed E-state index contributed by atoms with van der Waals surface area (Å²) in [6.07, 6.45) is 1.50. The van der Waals surface area contributed by atoms with E-state index in [1.807, 2.05) is 18.2 Å². The minimum absolute atomic E-state index is 0.485. The summed E-state index contributed by atoms with van der Waals surface area (Å²) in [6, 6.07) is 14.5. The van der Waals surface area contributed by atoms with Gasteiger partial charge in [0.05, 0.1) is 0 Å². The van der Waals surface area contributed by atoms with Gasteiger partial charge in [-0.2, -0.15) is 0 Å². The smallest absolute Gasteiger partial charge is 0.159 e. The topological polar surface area (TPSA) is 75.9 Å². The third-order valence-electron chi connectivity index (χ3n) is 4.49. The Morgan fingerprint density at radius 1 is 0.808 bits per heavy atom. The van der Waals surface area contributed by atoms with Gasteiger partial charge in [-0.25, -0.2) is 9.97 Å². The summed E-state index contributed by atoms with van der Waals surface area (Å²) >= 11 is 0. The summed E-state index contributed by atoms with van der Waals surface area (Å²) in [4.78, 5) is 8.56. The first kappa shape index (κ1) is 17.7. The molecule has 0 bridgehead atoms. The van der Waals surface area contributed by atoms with Crippen molar-refractivity contribution in [1.82, 2.24) is 9.97 Å². The molecule has 2 aromatic carbocycles. The van der Waals surface area contributed by atoms with Gasteiger partial charge in [0.2, 0.25) is 0 Å². The molecule has 0 saturated carbocycles. The van der Waals surface area contributed by atoms with Crippen molar-refractivity contribution in [1.29, 1.82) is 0 Å². The summed E-state index contributed by atoms with van der Waals surface area (Å²) in [5, 5.41) is 6.54. The van der Waals surface area contributed by atoms with E-state index in [4.69, 9.17) is 5.73 Å². The lowest BCUT2D eigenvalue weighted by Crippen LogP contribution is -2.05. The normalized spacial score (nSPS) is 10.8. The molecule has 1 heterocycles. The molecule has 5 heteroatoms. The Kier molecular flexibility index (Phi) is 5.07. The lowest BCUT2D eigenvalue weighted by molar-refractivity contribution is 0.867. The minimum Gasteiger partial charge on any atom is -0.393 e. The van der Waals surface area contributed by atoms with Crippen LogP contribution in [0.25, 0.3) is 0 Å². The van der Waals surface area contributed by atoms with Crippen LogP contribution in [0.4, 0.5) is 28.7 Å². The number of nitrogen functional groups attached to an aromatic ring is 1. The van der Waals surface area contributed by atoms with Crippen LogP contribution in [-0.2, 0) is 0 Å². The van der Waals surface area contributed by atoms with Gasteiger partial charge in [-0.15, -0.1) is 0 Å². The van der Waals surface area contributed by atoms with Gasteiger partial charge >= 0.3 is 0 Å². The quantitative estimate of drug-likeness (QED) is 0.585. The molecular formula is C21H25N5. The Morgan fingerprint density at radius 2 is 1.38 bits per heavy atom. The molecule has 3 aromatic rings. The van der Waals surface area contributed by atoms with E-state index in [9.17, 15) is 0 Å². The van der Waals surface area contributed by atoms with Crippen LogP contribution in [0.2, 0.25) is 0 Å². The van der Waals surface area contributed by atoms with Gasteiger partial charge in [0, 0.05) is 11.4 Å². The number of benzene rings is 2. The molecule has 1 aromatic heterocycles. The number of anilines is 5. The van der Waals surface area contributed by atoms with Crippen molar-refractivity contribution in [3.63, 3.8) is 0 Å². The van der Waals surface area contributed by atoms with Crippen LogP contribution in [0.15, 0.2) is 48.8 Å². The summed E-state index contributed by atoms with van der Waals surface area (Å²) in [6.45, 7) is 8.52. The highest BCUT2D eigenvalue weighted by Crippen LogP contribution is 2.29. The fourth-order valence-corrected chi connectivity index (χ4v) is 2.64. The van der Waals surface area contributed by atoms with E-state index < -0.39 is 0 Å². The maximum atomic E-state index is 6.28. The van der Waals surface area contributed by atoms with Gasteiger partial charge in [-0.3, -0.25) is 0 Å². The van der Waals surface area contributed by atoms with Crippen LogP contribution >= 0.6 is 0 Å². The van der Waals surface area contributed by atoms with E-state index in [1.54, 1.807) is 0 Å². The maximum absolute atomic E-state index is 6.28. The molecular weight excluding hydrogens is 322 g/mol. The summed E-state index contributed by atoms with van der Waals surface area (Å²) < 4.78 is 0. The van der Waals surface area contributed by atoms with Crippen LogP contribution in [0.3, 0.4) is 0 Å². The molecule has 26 heavy (non-hydrogen) atoms. The van der Waals surface area contributed by atoms with Crippen LogP contribution in [0.5, 0.6) is 0 Å². The molecule has 0 spiro atoms. The van der Waals surface area contributed by atoms with E-state index in [0.717, 1.165) is 11.4 Å². The Bertz CT molecular complexity index is 901. The lowest BCUT2D eigenvalue weighted by atomic mass is 10.0. The zero-order valence-electron chi connectivity index (χ0n) is 15.7. The molecule has 0 fully saturated rings. The summed E-state index contributed by atoms with van der Waals surface area (Å²) in [5.74, 6) is 1.68. The first-order chi connectivity index (χ1) is 12.4. The fraction of sp³-hybridized carbons (Fsp3) is 0.238. The molecule has 3 rings (SSSR count). The molecule has 4 N–H and O–H groups in total. The average Bonchev–Trinajstić information content (AvgIpc) is 2.62. The van der Waals surface area contributed by atoms with Crippen molar-refractivity contribution >= 4 is 28.7 Å². The largest absolute Gasteiger partial charge is 0.393 e. The molecule has 0 aliphatic carbocycles. The average molecular weight is 347 g/mol. The second-order valence-electron chi connectivity index (χ2n) is 6.81. The number of aryl methyl sites for hydroxylation is 2. The lowest BCUT2D eigenvalue weighted by Gasteiger charge is -2.14. The van der Waals surface area contributed by atoms with Gasteiger partial charge < -0.3 is 16.4 Å². The minimum atomic E-state index is 0.485. The summed E-state index contributed by atoms with van der Waals surface area (Å²) in [5.41, 5.74) is 12.4. The van der Waals surface area contributed by atoms with E-state index >= 15 is 0 Å². The Labute approximate surface area is 154 Å². The molecule has 0 radical (unpaired) electrons. The van der Waals surface area contributed by atoms with Crippen LogP contribution in [-0.4, -0.2) is 9.97 Å². The number of aromatic nitrogens is 2. The molecule has 0 aliphatic heterocycles. The molecule has 0 atom stereocenters. The second-order valence-corrected chi connectivity index (χ2v) is 6.81. The van der Waals surface area contributed by atoms with Crippen LogP contribution in [0.1, 0.15) is 36.5 Å². The monoisotopic (exact) mass is 347 g/mol. The number of nitrogens with two attached hydrogens (primary N) is 1. The maximum Gasteiger partial charge on any atom is 0.159 e. The predicted octanol–water partition coefficient (Wildman–Crippen LogP) is 5.29. The van der Waals surface area contributed by atoms with Gasteiger partial charge in [-0.05, 0) is 60.7 Å². The molecule has 0 amide bonds. The first-order valence-electron chi connectivity index (χ1n) is 8.76. The third kappa shape index (κ3) is 3.94. The van der Waals surface area contributed by atoms with Gasteiger partial charge in [0.1, 0.15) is 12.0 Å². The molecule has 0 aliphatic rings. The first-order valence-corrected chi connectivity index (χ1v) is 8.76. The van der Waals surface area contributed by atoms with Crippen LogP contribution in [0, 0.1) is 13.8 Å². The third-order valence-corrected chi connectivity index (χ3v) is 4.49. The standard InChI is InChI=1S/C21H25N5/c1-13(2)16-6-9-17(10-7-16)25-20-19(22)21(24-12-23-20)26-18-8-5-14(3)15(4)11-18/h5-13H,22H2,1-4H3,(H2,23,24,25,26). The molecule has 0 saturated heterocycles. The van der Waals surface area contributed by atoms with E-state index in [1.165, 1.54) is 23.0 Å². The highest BCUT2D eigenvalue weighted by molar-refractivity contribution is 5.80. The Hall–Kier alpha value is -3.08. The van der Waals surface area contributed by atoms with E-state index in [-0.39, 0.29) is 0 Å². The number of rotatable bonds is 5. The van der Waals surface area contributed by atoms with Gasteiger partial charge in [-0.1, -0.05) is 32.0 Å². The summed E-state index contributed by atoms with van der Waals surface area (Å²) in [7, 11) is 0. The zero-order valence-corrected chi connectivity index (χ0v) is 15.7. The highest BCUT2D eigenvalue weighted by Gasteiger charge is 2.09. The fourth-order valence-electron chi connectivity index (χ4n) is 2.64. The number of hydrogen-bond acceptors (Lipinski definition) is 5. The molecule has 134 valence electrons. The van der Waals surface area contributed by atoms with Crippen molar-refractivity contribution in [3.05, 3.63) is 65.5 Å². The van der Waals surface area contributed by atoms with E-state index in [0.29, 0.717) is 23.2 Å².